The smallest absolute Gasteiger partial charge is 0.416 e. The molecular formula is C20H13F3N2O3. The van der Waals surface area contributed by atoms with Crippen molar-refractivity contribution in [1.82, 2.24) is 0 Å². The lowest BCUT2D eigenvalue weighted by molar-refractivity contribution is -0.385. The Morgan fingerprint density at radius 1 is 0.929 bits per heavy atom. The lowest BCUT2D eigenvalue weighted by Crippen LogP contribution is -2.06. The van der Waals surface area contributed by atoms with Gasteiger partial charge in [-0.1, -0.05) is 30.3 Å². The van der Waals surface area contributed by atoms with E-state index in [9.17, 15) is 23.3 Å². The summed E-state index contributed by atoms with van der Waals surface area (Å²) >= 11 is 0. The summed E-state index contributed by atoms with van der Waals surface area (Å²) in [6.07, 6.45) is -3.18. The van der Waals surface area contributed by atoms with Crippen molar-refractivity contribution < 1.29 is 22.8 Å². The number of aliphatic imine (C=N–C) groups is 1. The molecule has 28 heavy (non-hydrogen) atoms. The molecule has 0 amide bonds. The minimum atomic E-state index is -4.69. The fourth-order valence-electron chi connectivity index (χ4n) is 2.38. The third kappa shape index (κ3) is 4.53. The summed E-state index contributed by atoms with van der Waals surface area (Å²) in [4.78, 5) is 14.6. The molecule has 3 aromatic rings. The highest BCUT2D eigenvalue weighted by atomic mass is 19.4. The van der Waals surface area contributed by atoms with Crippen LogP contribution in [0.15, 0.2) is 77.8 Å². The van der Waals surface area contributed by atoms with Crippen LogP contribution in [0.2, 0.25) is 0 Å². The summed E-state index contributed by atoms with van der Waals surface area (Å²) in [5, 5.41) is 11.2. The number of hydrogen-bond donors (Lipinski definition) is 0. The zero-order valence-electron chi connectivity index (χ0n) is 14.3. The van der Waals surface area contributed by atoms with Gasteiger partial charge in [-0.05, 0) is 36.4 Å². The van der Waals surface area contributed by atoms with Crippen molar-refractivity contribution in [3.05, 3.63) is 94.0 Å². The van der Waals surface area contributed by atoms with E-state index in [0.717, 1.165) is 12.1 Å². The zero-order chi connectivity index (χ0) is 20.1. The Kier molecular flexibility index (Phi) is 5.39. The predicted octanol–water partition coefficient (Wildman–Crippen LogP) is 6.16. The van der Waals surface area contributed by atoms with Gasteiger partial charge in [-0.3, -0.25) is 15.1 Å². The Morgan fingerprint density at radius 3 is 2.29 bits per heavy atom. The number of halogens is 3. The van der Waals surface area contributed by atoms with Gasteiger partial charge >= 0.3 is 11.9 Å². The Hall–Kier alpha value is -3.68. The largest absolute Gasteiger partial charge is 0.449 e. The van der Waals surface area contributed by atoms with Gasteiger partial charge in [0.2, 0.25) is 5.75 Å². The number of nitro groups is 1. The molecule has 0 saturated carbocycles. The number of para-hydroxylation sites is 2. The zero-order valence-corrected chi connectivity index (χ0v) is 14.3. The van der Waals surface area contributed by atoms with Gasteiger partial charge in [-0.25, -0.2) is 0 Å². The van der Waals surface area contributed by atoms with Crippen molar-refractivity contribution in [2.24, 2.45) is 4.99 Å². The molecular weight excluding hydrogens is 373 g/mol. The molecule has 0 unspecified atom stereocenters. The number of ether oxygens (including phenoxy) is 1. The lowest BCUT2D eigenvalue weighted by atomic mass is 10.1. The Morgan fingerprint density at radius 2 is 1.61 bits per heavy atom. The van der Waals surface area contributed by atoms with E-state index in [1.54, 1.807) is 36.4 Å². The fourth-order valence-corrected chi connectivity index (χ4v) is 2.38. The van der Waals surface area contributed by atoms with Crippen LogP contribution in [0.4, 0.5) is 24.5 Å². The van der Waals surface area contributed by atoms with Gasteiger partial charge in [-0.2, -0.15) is 13.2 Å². The number of nitro benzene ring substituents is 1. The molecule has 0 spiro atoms. The monoisotopic (exact) mass is 386 g/mol. The second kappa shape index (κ2) is 7.91. The molecule has 0 bridgehead atoms. The third-order valence-electron chi connectivity index (χ3n) is 3.73. The maximum absolute atomic E-state index is 12.8. The summed E-state index contributed by atoms with van der Waals surface area (Å²) in [6, 6.07) is 17.8. The van der Waals surface area contributed by atoms with Crippen LogP contribution in [0.3, 0.4) is 0 Å². The number of nitrogens with zero attached hydrogens (tertiary/aromatic N) is 2. The van der Waals surface area contributed by atoms with Gasteiger partial charge in [0.05, 0.1) is 16.2 Å². The first-order chi connectivity index (χ1) is 13.3. The van der Waals surface area contributed by atoms with E-state index in [-0.39, 0.29) is 11.5 Å². The van der Waals surface area contributed by atoms with Gasteiger partial charge in [0.25, 0.3) is 0 Å². The van der Waals surface area contributed by atoms with Crippen molar-refractivity contribution in [2.45, 2.75) is 6.18 Å². The van der Waals surface area contributed by atoms with Crippen LogP contribution >= 0.6 is 0 Å². The summed E-state index contributed by atoms with van der Waals surface area (Å²) in [7, 11) is 0. The van der Waals surface area contributed by atoms with Crippen LogP contribution in [-0.2, 0) is 6.18 Å². The molecule has 0 aliphatic carbocycles. The minimum Gasteiger partial charge on any atom is -0.449 e. The number of hydrogen-bond acceptors (Lipinski definition) is 4. The second-order valence-corrected chi connectivity index (χ2v) is 5.67. The molecule has 8 heteroatoms. The van der Waals surface area contributed by atoms with Gasteiger partial charge in [0.1, 0.15) is 5.75 Å². The first kappa shape index (κ1) is 19.1. The molecule has 0 fully saturated rings. The summed E-state index contributed by atoms with van der Waals surface area (Å²) < 4.78 is 44.1. The summed E-state index contributed by atoms with van der Waals surface area (Å²) in [6.45, 7) is 0. The normalized spacial score (nSPS) is 11.5. The standard InChI is InChI=1S/C20H13F3N2O3/c21-20(22,23)15-10-11-19(17(12-15)25(26)27)28-18-9-5-4-6-14(18)13-24-16-7-2-1-3-8-16/h1-13H. The van der Waals surface area contributed by atoms with Gasteiger partial charge in [-0.15, -0.1) is 0 Å². The summed E-state index contributed by atoms with van der Waals surface area (Å²) in [5.41, 5.74) is -0.687. The fraction of sp³-hybridized carbons (Fsp3) is 0.0500. The quantitative estimate of drug-likeness (QED) is 0.300. The number of alkyl halides is 3. The molecule has 0 N–H and O–H groups in total. The maximum atomic E-state index is 12.8. The van der Waals surface area contributed by atoms with Crippen molar-refractivity contribution in [3.63, 3.8) is 0 Å². The SMILES string of the molecule is O=[N+]([O-])c1cc(C(F)(F)F)ccc1Oc1ccccc1C=Nc1ccccc1. The van der Waals surface area contributed by atoms with Crippen LogP contribution < -0.4 is 4.74 Å². The molecule has 0 saturated heterocycles. The molecule has 5 nitrogen and oxygen atoms in total. The molecule has 0 heterocycles. The average molecular weight is 386 g/mol. The van der Waals surface area contributed by atoms with E-state index in [1.165, 1.54) is 6.21 Å². The van der Waals surface area contributed by atoms with Gasteiger partial charge in [0.15, 0.2) is 0 Å². The molecule has 0 aromatic heterocycles. The Labute approximate surface area is 157 Å². The molecule has 0 aliphatic heterocycles. The molecule has 0 atom stereocenters. The second-order valence-electron chi connectivity index (χ2n) is 5.67. The highest BCUT2D eigenvalue weighted by molar-refractivity contribution is 5.85. The first-order valence-corrected chi connectivity index (χ1v) is 8.06. The van der Waals surface area contributed by atoms with Crippen molar-refractivity contribution in [3.8, 4) is 11.5 Å². The van der Waals surface area contributed by atoms with E-state index in [0.29, 0.717) is 17.3 Å². The lowest BCUT2D eigenvalue weighted by Gasteiger charge is -2.11. The average Bonchev–Trinajstić information content (AvgIpc) is 2.67. The van der Waals surface area contributed by atoms with E-state index in [2.05, 4.69) is 4.99 Å². The van der Waals surface area contributed by atoms with Crippen LogP contribution in [0.25, 0.3) is 0 Å². The van der Waals surface area contributed by atoms with Crippen molar-refractivity contribution in [2.75, 3.05) is 0 Å². The van der Waals surface area contributed by atoms with E-state index in [1.807, 2.05) is 18.2 Å². The van der Waals surface area contributed by atoms with Crippen LogP contribution in [0.1, 0.15) is 11.1 Å². The molecule has 0 radical (unpaired) electrons. The predicted molar refractivity (Wildman–Crippen MR) is 98.3 cm³/mol. The summed E-state index contributed by atoms with van der Waals surface area (Å²) in [5.74, 6) is -0.0661. The number of benzene rings is 3. The Bertz CT molecular complexity index is 1020. The highest BCUT2D eigenvalue weighted by Crippen LogP contribution is 2.38. The van der Waals surface area contributed by atoms with Gasteiger partial charge < -0.3 is 4.74 Å². The molecule has 142 valence electrons. The van der Waals surface area contributed by atoms with E-state index in [4.69, 9.17) is 4.74 Å². The molecule has 0 aliphatic rings. The van der Waals surface area contributed by atoms with E-state index >= 15 is 0 Å². The highest BCUT2D eigenvalue weighted by Gasteiger charge is 2.33. The molecule has 3 rings (SSSR count). The van der Waals surface area contributed by atoms with Crippen molar-refractivity contribution >= 4 is 17.6 Å². The maximum Gasteiger partial charge on any atom is 0.416 e. The first-order valence-electron chi connectivity index (χ1n) is 8.06. The van der Waals surface area contributed by atoms with Crippen LogP contribution in [-0.4, -0.2) is 11.1 Å². The van der Waals surface area contributed by atoms with Crippen LogP contribution in [0.5, 0.6) is 11.5 Å². The Balaban J connectivity index is 1.94. The third-order valence-corrected chi connectivity index (χ3v) is 3.73. The topological polar surface area (TPSA) is 64.7 Å². The van der Waals surface area contributed by atoms with Crippen molar-refractivity contribution in [1.29, 1.82) is 0 Å². The molecule has 3 aromatic carbocycles. The number of rotatable bonds is 5. The van der Waals surface area contributed by atoms with E-state index < -0.39 is 22.4 Å². The minimum absolute atomic E-state index is 0.227. The van der Waals surface area contributed by atoms with Gasteiger partial charge in [0, 0.05) is 17.8 Å². The van der Waals surface area contributed by atoms with Crippen LogP contribution in [0, 0.1) is 10.1 Å².